The van der Waals surface area contributed by atoms with Crippen molar-refractivity contribution in [2.75, 3.05) is 5.73 Å². The molecule has 6 rings (SSSR count). The number of hydrogen-bond donors (Lipinski definition) is 1. The molecule has 44 heavy (non-hydrogen) atoms. The van der Waals surface area contributed by atoms with E-state index in [-0.39, 0.29) is 36.2 Å². The number of benzene rings is 2. The molecule has 5 aromatic rings. The number of nitrogens with zero attached hydrogens (tertiary/aromatic N) is 6. The van der Waals surface area contributed by atoms with Gasteiger partial charge in [0.1, 0.15) is 18.2 Å². The number of unbranched alkanes of at least 4 members (excludes halogenated alkanes) is 2. The highest BCUT2D eigenvalue weighted by Crippen LogP contribution is 2.41. The van der Waals surface area contributed by atoms with Gasteiger partial charge in [-0.15, -0.1) is 0 Å². The summed E-state index contributed by atoms with van der Waals surface area (Å²) in [5.74, 6) is 0.181. The maximum absolute atomic E-state index is 15.4. The van der Waals surface area contributed by atoms with E-state index in [9.17, 15) is 9.59 Å². The Morgan fingerprint density at radius 1 is 1.14 bits per heavy atom. The molecule has 0 unspecified atom stereocenters. The van der Waals surface area contributed by atoms with E-state index in [4.69, 9.17) is 10.5 Å². The number of aryl methyl sites for hydroxylation is 1. The van der Waals surface area contributed by atoms with Crippen molar-refractivity contribution in [2.24, 2.45) is 7.05 Å². The fraction of sp³-hybridized carbons (Fsp3) is 0.333. The van der Waals surface area contributed by atoms with Gasteiger partial charge in [0, 0.05) is 43.4 Å². The van der Waals surface area contributed by atoms with E-state index in [2.05, 4.69) is 27.0 Å². The van der Waals surface area contributed by atoms with E-state index in [1.54, 1.807) is 41.3 Å². The number of anilines is 1. The predicted molar refractivity (Wildman–Crippen MR) is 165 cm³/mol. The highest BCUT2D eigenvalue weighted by Gasteiger charge is 2.26. The van der Waals surface area contributed by atoms with Crippen LogP contribution in [0.3, 0.4) is 0 Å². The first-order valence-electron chi connectivity index (χ1n) is 14.9. The number of nitrogens with two attached hydrogens (primary N) is 1. The monoisotopic (exact) mass is 595 g/mol. The predicted octanol–water partition coefficient (Wildman–Crippen LogP) is 5.39. The molecular formula is C33H34FN7O3. The Balaban J connectivity index is 1.44. The number of carbonyl (C=O) groups is 1. The number of ether oxygens (including phenoxy) is 1. The van der Waals surface area contributed by atoms with Crippen molar-refractivity contribution < 1.29 is 13.9 Å². The number of aromatic nitrogens is 6. The van der Waals surface area contributed by atoms with Crippen molar-refractivity contribution in [3.8, 4) is 17.1 Å². The van der Waals surface area contributed by atoms with Crippen LogP contribution in [0.5, 0.6) is 0 Å². The van der Waals surface area contributed by atoms with E-state index in [1.165, 1.54) is 10.6 Å². The summed E-state index contributed by atoms with van der Waals surface area (Å²) >= 11 is 0. The largest absolute Gasteiger partial charge is 0.461 e. The molecule has 0 bridgehead atoms. The lowest BCUT2D eigenvalue weighted by Crippen LogP contribution is -2.21. The first-order chi connectivity index (χ1) is 21.3. The van der Waals surface area contributed by atoms with Crippen molar-refractivity contribution in [1.29, 1.82) is 0 Å². The number of hydrogen-bond acceptors (Lipinski definition) is 8. The number of halogens is 1. The molecule has 0 aliphatic heterocycles. The molecule has 10 nitrogen and oxygen atoms in total. The summed E-state index contributed by atoms with van der Waals surface area (Å²) in [6.07, 6.45) is 10.5. The topological polar surface area (TPSA) is 131 Å². The molecule has 0 atom stereocenters. The Bertz CT molecular complexity index is 1910. The van der Waals surface area contributed by atoms with Crippen LogP contribution in [0.15, 0.2) is 59.8 Å². The van der Waals surface area contributed by atoms with E-state index >= 15 is 4.39 Å². The van der Waals surface area contributed by atoms with E-state index in [0.29, 0.717) is 40.4 Å². The number of fused-ring (bicyclic) bond motifs is 1. The van der Waals surface area contributed by atoms with Crippen molar-refractivity contribution in [3.05, 3.63) is 93.7 Å². The second-order valence-electron chi connectivity index (χ2n) is 11.3. The van der Waals surface area contributed by atoms with E-state index in [0.717, 1.165) is 43.2 Å². The molecule has 0 amide bonds. The van der Waals surface area contributed by atoms with Gasteiger partial charge in [0.05, 0.1) is 17.3 Å². The summed E-state index contributed by atoms with van der Waals surface area (Å²) in [6.45, 7) is 1.92. The van der Waals surface area contributed by atoms with Crippen LogP contribution >= 0.6 is 0 Å². The number of nitrogen functional groups attached to an aromatic ring is 1. The smallest absolute Gasteiger partial charge is 0.306 e. The molecule has 1 fully saturated rings. The zero-order valence-corrected chi connectivity index (χ0v) is 24.8. The Morgan fingerprint density at radius 3 is 2.73 bits per heavy atom. The van der Waals surface area contributed by atoms with Crippen LogP contribution in [0, 0.1) is 5.82 Å². The molecule has 3 heterocycles. The van der Waals surface area contributed by atoms with Crippen molar-refractivity contribution in [3.63, 3.8) is 0 Å². The summed E-state index contributed by atoms with van der Waals surface area (Å²) in [7, 11) is 1.82. The summed E-state index contributed by atoms with van der Waals surface area (Å²) in [5, 5.41) is 4.76. The highest BCUT2D eigenvalue weighted by molar-refractivity contribution is 5.83. The summed E-state index contributed by atoms with van der Waals surface area (Å²) < 4.78 is 24.2. The molecular weight excluding hydrogens is 561 g/mol. The quantitative estimate of drug-likeness (QED) is 0.159. The first kappa shape index (κ1) is 29.2. The van der Waals surface area contributed by atoms with E-state index < -0.39 is 11.4 Å². The highest BCUT2D eigenvalue weighted by atomic mass is 19.1. The molecule has 0 spiro atoms. The lowest BCUT2D eigenvalue weighted by Gasteiger charge is -2.17. The molecule has 226 valence electrons. The van der Waals surface area contributed by atoms with Crippen LogP contribution in [0.1, 0.15) is 73.9 Å². The minimum atomic E-state index is -0.547. The minimum Gasteiger partial charge on any atom is -0.461 e. The zero-order valence-electron chi connectivity index (χ0n) is 24.8. The van der Waals surface area contributed by atoms with Crippen molar-refractivity contribution >= 4 is 22.7 Å². The molecule has 1 aliphatic carbocycles. The fourth-order valence-electron chi connectivity index (χ4n) is 5.48. The van der Waals surface area contributed by atoms with Gasteiger partial charge in [-0.2, -0.15) is 15.1 Å². The number of carbonyl (C=O) groups excluding carboxylic acids is 1. The molecule has 1 saturated carbocycles. The van der Waals surface area contributed by atoms with Gasteiger partial charge >= 0.3 is 5.97 Å². The first-order valence-corrected chi connectivity index (χ1v) is 14.9. The van der Waals surface area contributed by atoms with Crippen LogP contribution in [0.2, 0.25) is 0 Å². The van der Waals surface area contributed by atoms with Gasteiger partial charge in [0.2, 0.25) is 5.95 Å². The molecule has 2 aromatic carbocycles. The average Bonchev–Trinajstić information content (AvgIpc) is 3.77. The second kappa shape index (κ2) is 12.4. The van der Waals surface area contributed by atoms with Gasteiger partial charge < -0.3 is 10.5 Å². The number of pyridine rings is 1. The average molecular weight is 596 g/mol. The summed E-state index contributed by atoms with van der Waals surface area (Å²) in [4.78, 5) is 39.9. The summed E-state index contributed by atoms with van der Waals surface area (Å²) in [6, 6.07) is 10.4. The molecule has 3 aromatic heterocycles. The maximum Gasteiger partial charge on any atom is 0.306 e. The van der Waals surface area contributed by atoms with Crippen molar-refractivity contribution in [2.45, 2.75) is 64.4 Å². The normalized spacial score (nSPS) is 13.0. The Morgan fingerprint density at radius 2 is 1.98 bits per heavy atom. The third kappa shape index (κ3) is 6.22. The third-order valence-electron chi connectivity index (χ3n) is 7.86. The van der Waals surface area contributed by atoms with Crippen LogP contribution < -0.4 is 11.3 Å². The van der Waals surface area contributed by atoms with Gasteiger partial charge in [-0.05, 0) is 59.9 Å². The minimum absolute atomic E-state index is 0.00739. The summed E-state index contributed by atoms with van der Waals surface area (Å²) in [5.41, 5.74) is 8.85. The number of rotatable bonds is 11. The third-order valence-corrected chi connectivity index (χ3v) is 7.86. The molecule has 1 aliphatic rings. The van der Waals surface area contributed by atoms with E-state index in [1.807, 2.05) is 19.3 Å². The van der Waals surface area contributed by atoms with Gasteiger partial charge in [-0.3, -0.25) is 18.8 Å². The van der Waals surface area contributed by atoms with Crippen molar-refractivity contribution in [1.82, 2.24) is 29.3 Å². The van der Waals surface area contributed by atoms with Crippen LogP contribution in [-0.4, -0.2) is 35.3 Å². The fourth-order valence-corrected chi connectivity index (χ4v) is 5.48. The maximum atomic E-state index is 15.4. The van der Waals surface area contributed by atoms with Gasteiger partial charge in [0.15, 0.2) is 5.82 Å². The molecule has 0 radical (unpaired) electrons. The van der Waals surface area contributed by atoms with Gasteiger partial charge in [-0.1, -0.05) is 38.0 Å². The Kier molecular flexibility index (Phi) is 8.19. The lowest BCUT2D eigenvalue weighted by atomic mass is 10.0. The molecule has 2 N–H and O–H groups in total. The zero-order chi connectivity index (χ0) is 30.8. The van der Waals surface area contributed by atoms with Gasteiger partial charge in [-0.25, -0.2) is 9.37 Å². The second-order valence-corrected chi connectivity index (χ2v) is 11.3. The number of esters is 1. The molecule has 0 saturated heterocycles. The SMILES string of the molecule is CCCCCC(=O)OCc1c(-c2nc(N)nc(Cc3cnn(C)c3)n2)cccc1-n1ccc2cc(C3CC3)cc(F)c2c1=O. The van der Waals surface area contributed by atoms with Crippen LogP contribution in [0.25, 0.3) is 27.8 Å². The van der Waals surface area contributed by atoms with Crippen LogP contribution in [0.4, 0.5) is 10.3 Å². The Hall–Kier alpha value is -4.93. The molecule has 11 heteroatoms. The Labute approximate surface area is 253 Å². The lowest BCUT2D eigenvalue weighted by molar-refractivity contribution is -0.145. The standard InChI is InChI=1S/C33H34FN7O3/c1-3-4-5-9-29(42)44-19-25-24(31-37-28(38-33(35)39-31)14-20-17-36-40(2)18-20)7-6-8-27(25)41-13-12-22-15-23(21-10-11-21)16-26(34)30(22)32(41)43/h6-8,12-13,15-18,21H,3-5,9-11,14,19H2,1-2H3,(H2,35,37,38,39). The van der Waals surface area contributed by atoms with Crippen LogP contribution in [-0.2, 0) is 29.6 Å². The van der Waals surface area contributed by atoms with Gasteiger partial charge in [0.25, 0.3) is 5.56 Å².